The van der Waals surface area contributed by atoms with Crippen LogP contribution in [0.25, 0.3) is 0 Å². The second kappa shape index (κ2) is 5.73. The van der Waals surface area contributed by atoms with Crippen molar-refractivity contribution in [2.45, 2.75) is 25.7 Å². The Balaban J connectivity index is 1.88. The minimum absolute atomic E-state index is 0.119. The zero-order chi connectivity index (χ0) is 13.7. The summed E-state index contributed by atoms with van der Waals surface area (Å²) >= 11 is 0. The van der Waals surface area contributed by atoms with Crippen molar-refractivity contribution in [1.82, 2.24) is 5.32 Å². The molecule has 102 valence electrons. The number of amides is 1. The normalized spacial score (nSPS) is 16.8. The number of hydrogen-bond donors (Lipinski definition) is 2. The van der Waals surface area contributed by atoms with Crippen molar-refractivity contribution in [2.24, 2.45) is 5.41 Å². The molecule has 1 aromatic rings. The molecule has 1 aliphatic rings. The van der Waals surface area contributed by atoms with Crippen molar-refractivity contribution < 1.29 is 19.4 Å². The first-order valence-corrected chi connectivity index (χ1v) is 6.37. The number of para-hydroxylation sites is 1. The molecule has 0 atom stereocenters. The fourth-order valence-corrected chi connectivity index (χ4v) is 2.39. The van der Waals surface area contributed by atoms with Crippen LogP contribution in [0, 0.1) is 5.41 Å². The lowest BCUT2D eigenvalue weighted by atomic mass is 9.86. The molecule has 0 bridgehead atoms. The van der Waals surface area contributed by atoms with Crippen LogP contribution in [0.5, 0.6) is 5.75 Å². The van der Waals surface area contributed by atoms with Gasteiger partial charge in [-0.05, 0) is 25.0 Å². The van der Waals surface area contributed by atoms with Gasteiger partial charge in [0.2, 0.25) is 0 Å². The van der Waals surface area contributed by atoms with E-state index in [9.17, 15) is 14.7 Å². The summed E-state index contributed by atoms with van der Waals surface area (Å²) in [5, 5.41) is 11.8. The van der Waals surface area contributed by atoms with Gasteiger partial charge in [-0.2, -0.15) is 0 Å². The smallest absolute Gasteiger partial charge is 0.412 e. The van der Waals surface area contributed by atoms with Crippen molar-refractivity contribution in [1.29, 1.82) is 0 Å². The van der Waals surface area contributed by atoms with E-state index in [-0.39, 0.29) is 6.54 Å². The number of carboxylic acids is 1. The van der Waals surface area contributed by atoms with Gasteiger partial charge in [0.15, 0.2) is 0 Å². The van der Waals surface area contributed by atoms with Gasteiger partial charge in [0.25, 0.3) is 0 Å². The van der Waals surface area contributed by atoms with E-state index < -0.39 is 17.5 Å². The Morgan fingerprint density at radius 3 is 2.42 bits per heavy atom. The Labute approximate surface area is 111 Å². The highest BCUT2D eigenvalue weighted by atomic mass is 16.6. The van der Waals surface area contributed by atoms with E-state index in [0.717, 1.165) is 12.8 Å². The van der Waals surface area contributed by atoms with Gasteiger partial charge in [-0.1, -0.05) is 31.0 Å². The predicted molar refractivity (Wildman–Crippen MR) is 69.0 cm³/mol. The van der Waals surface area contributed by atoms with Gasteiger partial charge < -0.3 is 15.2 Å². The molecule has 19 heavy (non-hydrogen) atoms. The molecule has 0 spiro atoms. The van der Waals surface area contributed by atoms with Crippen LogP contribution in [0.4, 0.5) is 4.79 Å². The quantitative estimate of drug-likeness (QED) is 0.874. The summed E-state index contributed by atoms with van der Waals surface area (Å²) in [6.45, 7) is 0.119. The van der Waals surface area contributed by atoms with Crippen LogP contribution in [0.2, 0.25) is 0 Å². The van der Waals surface area contributed by atoms with Gasteiger partial charge in [0.05, 0.1) is 5.41 Å². The van der Waals surface area contributed by atoms with Crippen molar-refractivity contribution in [3.63, 3.8) is 0 Å². The molecule has 0 saturated heterocycles. The molecule has 1 aromatic carbocycles. The first-order valence-electron chi connectivity index (χ1n) is 6.37. The lowest BCUT2D eigenvalue weighted by molar-refractivity contribution is -0.148. The summed E-state index contributed by atoms with van der Waals surface area (Å²) in [4.78, 5) is 22.9. The third kappa shape index (κ3) is 3.24. The van der Waals surface area contributed by atoms with Crippen molar-refractivity contribution in [3.05, 3.63) is 30.3 Å². The summed E-state index contributed by atoms with van der Waals surface area (Å²) in [5.74, 6) is -0.402. The topological polar surface area (TPSA) is 75.6 Å². The lowest BCUT2D eigenvalue weighted by Gasteiger charge is -2.23. The van der Waals surface area contributed by atoms with Crippen molar-refractivity contribution in [2.75, 3.05) is 6.54 Å². The van der Waals surface area contributed by atoms with E-state index in [1.165, 1.54) is 0 Å². The third-order valence-electron chi connectivity index (χ3n) is 3.54. The number of benzene rings is 1. The molecule has 5 nitrogen and oxygen atoms in total. The Hall–Kier alpha value is -2.04. The third-order valence-corrected chi connectivity index (χ3v) is 3.54. The number of nitrogens with one attached hydrogen (secondary N) is 1. The second-order valence-corrected chi connectivity index (χ2v) is 4.85. The summed E-state index contributed by atoms with van der Waals surface area (Å²) in [6.07, 6.45) is 2.38. The van der Waals surface area contributed by atoms with Crippen LogP contribution in [0.15, 0.2) is 30.3 Å². The number of rotatable bonds is 4. The number of hydrogen-bond acceptors (Lipinski definition) is 3. The number of carbonyl (C=O) groups is 2. The number of carboxylic acid groups (broad SMARTS) is 1. The van der Waals surface area contributed by atoms with Gasteiger partial charge in [-0.25, -0.2) is 4.79 Å². The maximum absolute atomic E-state index is 11.6. The van der Waals surface area contributed by atoms with E-state index in [1.54, 1.807) is 24.3 Å². The highest BCUT2D eigenvalue weighted by Gasteiger charge is 2.41. The van der Waals surface area contributed by atoms with Gasteiger partial charge in [0, 0.05) is 6.54 Å². The Bertz CT molecular complexity index is 452. The first-order chi connectivity index (χ1) is 9.12. The zero-order valence-corrected chi connectivity index (χ0v) is 10.6. The fraction of sp³-hybridized carbons (Fsp3) is 0.429. The fourth-order valence-electron chi connectivity index (χ4n) is 2.39. The van der Waals surface area contributed by atoms with Crippen LogP contribution in [-0.4, -0.2) is 23.7 Å². The molecule has 1 fully saturated rings. The van der Waals surface area contributed by atoms with E-state index in [4.69, 9.17) is 4.74 Å². The van der Waals surface area contributed by atoms with Gasteiger partial charge in [-0.15, -0.1) is 0 Å². The summed E-state index contributed by atoms with van der Waals surface area (Å²) < 4.78 is 5.06. The largest absolute Gasteiger partial charge is 0.481 e. The molecule has 0 aliphatic heterocycles. The monoisotopic (exact) mass is 263 g/mol. The minimum Gasteiger partial charge on any atom is -0.481 e. The highest BCUT2D eigenvalue weighted by molar-refractivity contribution is 5.77. The van der Waals surface area contributed by atoms with Crippen molar-refractivity contribution >= 4 is 12.1 Å². The summed E-state index contributed by atoms with van der Waals surface area (Å²) in [5.41, 5.74) is -0.824. The van der Waals surface area contributed by atoms with Crippen LogP contribution in [0.1, 0.15) is 25.7 Å². The maximum atomic E-state index is 11.6. The average molecular weight is 263 g/mol. The Morgan fingerprint density at radius 1 is 1.21 bits per heavy atom. The number of carbonyl (C=O) groups excluding carboxylic acids is 1. The molecule has 0 radical (unpaired) electrons. The van der Waals surface area contributed by atoms with Crippen LogP contribution in [-0.2, 0) is 4.79 Å². The molecular formula is C14H17NO4. The molecule has 1 amide bonds. The molecule has 5 heteroatoms. The van der Waals surface area contributed by atoms with Gasteiger partial charge in [0.1, 0.15) is 5.75 Å². The highest BCUT2D eigenvalue weighted by Crippen LogP contribution is 2.37. The molecule has 0 aromatic heterocycles. The van der Waals surface area contributed by atoms with Gasteiger partial charge >= 0.3 is 12.1 Å². The minimum atomic E-state index is -0.843. The van der Waals surface area contributed by atoms with E-state index in [0.29, 0.717) is 18.6 Å². The summed E-state index contributed by atoms with van der Waals surface area (Å²) in [6, 6.07) is 8.68. The summed E-state index contributed by atoms with van der Waals surface area (Å²) in [7, 11) is 0. The first kappa shape index (κ1) is 13.4. The maximum Gasteiger partial charge on any atom is 0.412 e. The van der Waals surface area contributed by atoms with E-state index in [1.807, 2.05) is 6.07 Å². The molecule has 2 rings (SSSR count). The van der Waals surface area contributed by atoms with Crippen LogP contribution in [0.3, 0.4) is 0 Å². The lowest BCUT2D eigenvalue weighted by Crippen LogP contribution is -2.42. The average Bonchev–Trinajstić information content (AvgIpc) is 2.88. The predicted octanol–water partition coefficient (Wildman–Crippen LogP) is 2.42. The van der Waals surface area contributed by atoms with Crippen molar-refractivity contribution in [3.8, 4) is 5.75 Å². The SMILES string of the molecule is O=C(NCC1(C(=O)O)CCCC1)Oc1ccccc1. The number of aliphatic carboxylic acids is 1. The molecule has 0 heterocycles. The van der Waals surface area contributed by atoms with E-state index >= 15 is 0 Å². The molecule has 2 N–H and O–H groups in total. The standard InChI is InChI=1S/C14H17NO4/c16-12(17)14(8-4-5-9-14)10-15-13(18)19-11-6-2-1-3-7-11/h1-3,6-7H,4-5,8-10H2,(H,15,18)(H,16,17). The molecular weight excluding hydrogens is 246 g/mol. The molecule has 0 unspecified atom stereocenters. The van der Waals surface area contributed by atoms with Crippen LogP contribution < -0.4 is 10.1 Å². The Kier molecular flexibility index (Phi) is 4.04. The second-order valence-electron chi connectivity index (χ2n) is 4.85. The van der Waals surface area contributed by atoms with Crippen LogP contribution >= 0.6 is 0 Å². The molecule has 1 saturated carbocycles. The van der Waals surface area contributed by atoms with E-state index in [2.05, 4.69) is 5.32 Å². The number of ether oxygens (including phenoxy) is 1. The zero-order valence-electron chi connectivity index (χ0n) is 10.6. The molecule has 1 aliphatic carbocycles. The Morgan fingerprint density at radius 2 is 1.84 bits per heavy atom. The van der Waals surface area contributed by atoms with Gasteiger partial charge in [-0.3, -0.25) is 4.79 Å².